The molecule has 0 amide bonds. The molecule has 6 aromatic rings. The average Bonchev–Trinajstić information content (AvgIpc) is 3.22. The van der Waals surface area contributed by atoms with E-state index in [9.17, 15) is 9.90 Å². The lowest BCUT2D eigenvalue weighted by Gasteiger charge is -2.14. The van der Waals surface area contributed by atoms with Crippen LogP contribution in [-0.2, 0) is 0 Å². The van der Waals surface area contributed by atoms with E-state index in [0.717, 1.165) is 32.4 Å². The van der Waals surface area contributed by atoms with E-state index < -0.39 is 0 Å². The SMILES string of the molecule is O=c1c2c(Sc3cccc(O)c3)cc(Nc3ccccn3)cc2n(-c2ccccc2)n1-c1ccccc1. The summed E-state index contributed by atoms with van der Waals surface area (Å²) in [4.78, 5) is 20.1. The molecule has 0 spiro atoms. The lowest BCUT2D eigenvalue weighted by atomic mass is 10.2. The maximum absolute atomic E-state index is 14.1. The maximum atomic E-state index is 14.1. The zero-order valence-corrected chi connectivity index (χ0v) is 20.5. The molecule has 180 valence electrons. The standard InChI is InChI=1S/C30H22N4O2S/c35-24-14-9-15-25(20-24)37-27-19-21(32-28-16-7-8-17-31-28)18-26-29(27)30(36)34(23-12-5-2-6-13-23)33(26)22-10-3-1-4-11-22/h1-20,35H,(H,31,32). The lowest BCUT2D eigenvalue weighted by molar-refractivity contribution is 0.474. The molecule has 0 saturated carbocycles. The summed E-state index contributed by atoms with van der Waals surface area (Å²) in [5.74, 6) is 0.874. The molecule has 6 nitrogen and oxygen atoms in total. The van der Waals surface area contributed by atoms with Crippen LogP contribution in [0.2, 0.25) is 0 Å². The first-order valence-electron chi connectivity index (χ1n) is 11.7. The van der Waals surface area contributed by atoms with Gasteiger partial charge in [-0.3, -0.25) is 4.79 Å². The third kappa shape index (κ3) is 4.48. The van der Waals surface area contributed by atoms with Gasteiger partial charge < -0.3 is 10.4 Å². The zero-order valence-electron chi connectivity index (χ0n) is 19.7. The highest BCUT2D eigenvalue weighted by Crippen LogP contribution is 2.37. The van der Waals surface area contributed by atoms with Gasteiger partial charge in [0.25, 0.3) is 5.56 Å². The van der Waals surface area contributed by atoms with Crippen molar-refractivity contribution in [1.29, 1.82) is 0 Å². The quantitative estimate of drug-likeness (QED) is 0.263. The minimum absolute atomic E-state index is 0.128. The number of aromatic hydroxyl groups is 1. The van der Waals surface area contributed by atoms with Crippen molar-refractivity contribution in [3.05, 3.63) is 132 Å². The number of hydrogen-bond donors (Lipinski definition) is 2. The highest BCUT2D eigenvalue weighted by atomic mass is 32.2. The van der Waals surface area contributed by atoms with E-state index >= 15 is 0 Å². The molecule has 7 heteroatoms. The van der Waals surface area contributed by atoms with Gasteiger partial charge in [0, 0.05) is 21.7 Å². The molecule has 37 heavy (non-hydrogen) atoms. The first-order chi connectivity index (χ1) is 18.2. The molecule has 0 atom stereocenters. The summed E-state index contributed by atoms with van der Waals surface area (Å²) in [6, 6.07) is 36.1. The number of anilines is 2. The number of benzene rings is 4. The van der Waals surface area contributed by atoms with Crippen molar-refractivity contribution in [3.8, 4) is 17.1 Å². The molecule has 2 N–H and O–H groups in total. The molecule has 4 aromatic carbocycles. The Labute approximate surface area is 217 Å². The fraction of sp³-hybridized carbons (Fsp3) is 0. The van der Waals surface area contributed by atoms with E-state index in [2.05, 4.69) is 10.3 Å². The van der Waals surface area contributed by atoms with Crippen LogP contribution in [-0.4, -0.2) is 19.5 Å². The number of rotatable bonds is 6. The van der Waals surface area contributed by atoms with E-state index in [1.165, 1.54) is 11.8 Å². The molecule has 0 aliphatic carbocycles. The molecular formula is C30H22N4O2S. The third-order valence-electron chi connectivity index (χ3n) is 5.90. The van der Waals surface area contributed by atoms with Crippen LogP contribution in [0.25, 0.3) is 22.3 Å². The molecule has 0 aliphatic rings. The minimum Gasteiger partial charge on any atom is -0.508 e. The number of hydrogen-bond acceptors (Lipinski definition) is 5. The van der Waals surface area contributed by atoms with Gasteiger partial charge in [0.05, 0.1) is 22.3 Å². The van der Waals surface area contributed by atoms with Crippen LogP contribution in [0.15, 0.2) is 136 Å². The predicted octanol–water partition coefficient (Wildman–Crippen LogP) is 6.78. The Morgan fingerprint density at radius 3 is 2.11 bits per heavy atom. The van der Waals surface area contributed by atoms with Crippen LogP contribution in [0.3, 0.4) is 0 Å². The Kier molecular flexibility index (Phi) is 5.96. The molecular weight excluding hydrogens is 480 g/mol. The summed E-state index contributed by atoms with van der Waals surface area (Å²) in [6.45, 7) is 0. The van der Waals surface area contributed by atoms with Gasteiger partial charge in [-0.1, -0.05) is 60.3 Å². The van der Waals surface area contributed by atoms with E-state index in [0.29, 0.717) is 11.2 Å². The second-order valence-electron chi connectivity index (χ2n) is 8.41. The Morgan fingerprint density at radius 1 is 0.730 bits per heavy atom. The molecule has 2 heterocycles. The lowest BCUT2D eigenvalue weighted by Crippen LogP contribution is -2.20. The van der Waals surface area contributed by atoms with Gasteiger partial charge in [-0.2, -0.15) is 0 Å². The van der Waals surface area contributed by atoms with Crippen molar-refractivity contribution in [2.45, 2.75) is 9.79 Å². The number of para-hydroxylation sites is 2. The van der Waals surface area contributed by atoms with Gasteiger partial charge in [-0.05, 0) is 66.7 Å². The number of phenolic OH excluding ortho intramolecular Hbond substituents is 1. The van der Waals surface area contributed by atoms with Crippen molar-refractivity contribution in [3.63, 3.8) is 0 Å². The number of aromatic nitrogens is 3. The molecule has 6 rings (SSSR count). The third-order valence-corrected chi connectivity index (χ3v) is 6.93. The number of pyridine rings is 1. The number of phenols is 1. The van der Waals surface area contributed by atoms with Crippen LogP contribution in [0, 0.1) is 0 Å². The van der Waals surface area contributed by atoms with Crippen LogP contribution in [0.5, 0.6) is 5.75 Å². The van der Waals surface area contributed by atoms with Crippen molar-refractivity contribution < 1.29 is 5.11 Å². The first-order valence-corrected chi connectivity index (χ1v) is 12.6. The average molecular weight is 503 g/mol. The van der Waals surface area contributed by atoms with Crippen molar-refractivity contribution >= 4 is 34.2 Å². The van der Waals surface area contributed by atoms with Crippen LogP contribution >= 0.6 is 11.8 Å². The van der Waals surface area contributed by atoms with E-state index in [-0.39, 0.29) is 11.3 Å². The minimum atomic E-state index is -0.128. The smallest absolute Gasteiger partial charge is 0.280 e. The molecule has 2 aromatic heterocycles. The number of fused-ring (bicyclic) bond motifs is 1. The summed E-state index contributed by atoms with van der Waals surface area (Å²) in [6.07, 6.45) is 1.73. The molecule has 0 aliphatic heterocycles. The van der Waals surface area contributed by atoms with Gasteiger partial charge in [0.2, 0.25) is 0 Å². The summed E-state index contributed by atoms with van der Waals surface area (Å²) in [5.41, 5.74) is 3.05. The van der Waals surface area contributed by atoms with Crippen molar-refractivity contribution in [1.82, 2.24) is 14.3 Å². The summed E-state index contributed by atoms with van der Waals surface area (Å²) in [5, 5.41) is 14.0. The summed E-state index contributed by atoms with van der Waals surface area (Å²) >= 11 is 1.44. The molecule has 0 saturated heterocycles. The Balaban J connectivity index is 1.65. The van der Waals surface area contributed by atoms with Crippen LogP contribution in [0.4, 0.5) is 11.5 Å². The summed E-state index contributed by atoms with van der Waals surface area (Å²) in [7, 11) is 0. The van der Waals surface area contributed by atoms with Crippen molar-refractivity contribution in [2.24, 2.45) is 0 Å². The largest absolute Gasteiger partial charge is 0.508 e. The second kappa shape index (κ2) is 9.72. The second-order valence-corrected chi connectivity index (χ2v) is 9.52. The zero-order chi connectivity index (χ0) is 25.2. The van der Waals surface area contributed by atoms with Gasteiger partial charge >= 0.3 is 0 Å². The number of nitrogens with zero attached hydrogens (tertiary/aromatic N) is 3. The maximum Gasteiger partial charge on any atom is 0.280 e. The Hall–Kier alpha value is -4.75. The van der Waals surface area contributed by atoms with Gasteiger partial charge in [-0.25, -0.2) is 14.3 Å². The van der Waals surface area contributed by atoms with Crippen LogP contribution < -0.4 is 10.9 Å². The molecule has 0 radical (unpaired) electrons. The van der Waals surface area contributed by atoms with E-state index in [4.69, 9.17) is 0 Å². The van der Waals surface area contributed by atoms with E-state index in [1.54, 1.807) is 29.1 Å². The van der Waals surface area contributed by atoms with Gasteiger partial charge in [-0.15, -0.1) is 0 Å². The Bertz CT molecular complexity index is 1750. The fourth-order valence-electron chi connectivity index (χ4n) is 4.32. The molecule has 0 unspecified atom stereocenters. The summed E-state index contributed by atoms with van der Waals surface area (Å²) < 4.78 is 3.65. The topological polar surface area (TPSA) is 72.1 Å². The van der Waals surface area contributed by atoms with Crippen molar-refractivity contribution in [2.75, 3.05) is 5.32 Å². The normalized spacial score (nSPS) is 11.0. The van der Waals surface area contributed by atoms with Gasteiger partial charge in [0.1, 0.15) is 11.6 Å². The van der Waals surface area contributed by atoms with E-state index in [1.807, 2.05) is 102 Å². The molecule has 0 bridgehead atoms. The highest BCUT2D eigenvalue weighted by Gasteiger charge is 2.21. The fourth-order valence-corrected chi connectivity index (χ4v) is 5.38. The predicted molar refractivity (Wildman–Crippen MR) is 149 cm³/mol. The first kappa shape index (κ1) is 22.7. The Morgan fingerprint density at radius 2 is 1.43 bits per heavy atom. The monoisotopic (exact) mass is 502 g/mol. The molecule has 0 fully saturated rings. The van der Waals surface area contributed by atoms with Gasteiger partial charge in [0.15, 0.2) is 0 Å². The van der Waals surface area contributed by atoms with Crippen LogP contribution in [0.1, 0.15) is 0 Å². The number of nitrogens with one attached hydrogen (secondary N) is 1. The highest BCUT2D eigenvalue weighted by molar-refractivity contribution is 7.99.